The predicted octanol–water partition coefficient (Wildman–Crippen LogP) is 5.71. The Morgan fingerprint density at radius 3 is 2.70 bits per heavy atom. The average molecular weight is 465 g/mol. The summed E-state index contributed by atoms with van der Waals surface area (Å²) in [4.78, 5) is 31.8. The molecule has 1 aliphatic heterocycles. The molecule has 1 amide bonds. The maximum Gasteiger partial charge on any atom is 0.326 e. The number of nitrogens with zero attached hydrogens (tertiary/aromatic N) is 2. The van der Waals surface area contributed by atoms with E-state index in [2.05, 4.69) is 6.92 Å². The number of unbranched alkanes of at least 4 members (excludes halogenated alkanes) is 2. The number of amides is 1. The zero-order valence-electron chi connectivity index (χ0n) is 19.0. The van der Waals surface area contributed by atoms with Gasteiger partial charge in [-0.3, -0.25) is 14.5 Å². The highest BCUT2D eigenvalue weighted by molar-refractivity contribution is 7.13. The fourth-order valence-electron chi connectivity index (χ4n) is 3.74. The van der Waals surface area contributed by atoms with Crippen LogP contribution in [0.1, 0.15) is 39.5 Å². The first kappa shape index (κ1) is 23.0. The van der Waals surface area contributed by atoms with Crippen molar-refractivity contribution in [1.29, 1.82) is 0 Å². The minimum atomic E-state index is -0.611. The number of fused-ring (bicyclic) bond motifs is 1. The quantitative estimate of drug-likeness (QED) is 0.299. The van der Waals surface area contributed by atoms with Crippen LogP contribution in [0.2, 0.25) is 0 Å². The number of carbonyl (C=O) groups excluding carboxylic acids is 2. The molecule has 7 heteroatoms. The third-order valence-corrected chi connectivity index (χ3v) is 6.44. The number of rotatable bonds is 9. The van der Waals surface area contributed by atoms with Crippen LogP contribution in [0.25, 0.3) is 21.8 Å². The summed E-state index contributed by atoms with van der Waals surface area (Å²) in [5.41, 5.74) is 3.30. The molecular formula is C26H28N2O4S. The second kappa shape index (κ2) is 10.6. The molecule has 0 saturated heterocycles. The van der Waals surface area contributed by atoms with Crippen LogP contribution in [-0.2, 0) is 14.3 Å². The molecule has 1 atom stereocenters. The molecule has 1 aromatic heterocycles. The maximum absolute atomic E-state index is 13.0. The molecule has 2 aromatic carbocycles. The highest BCUT2D eigenvalue weighted by Gasteiger charge is 2.35. The Morgan fingerprint density at radius 2 is 1.94 bits per heavy atom. The molecule has 0 radical (unpaired) electrons. The first-order valence-electron chi connectivity index (χ1n) is 11.4. The first-order chi connectivity index (χ1) is 16.1. The van der Waals surface area contributed by atoms with E-state index in [-0.39, 0.29) is 12.5 Å². The van der Waals surface area contributed by atoms with Crippen molar-refractivity contribution in [2.75, 3.05) is 18.1 Å². The lowest BCUT2D eigenvalue weighted by Gasteiger charge is -2.33. The van der Waals surface area contributed by atoms with Crippen molar-refractivity contribution < 1.29 is 19.1 Å². The number of aromatic nitrogens is 1. The number of ether oxygens (including phenoxy) is 2. The summed E-state index contributed by atoms with van der Waals surface area (Å²) in [6.07, 6.45) is 2.79. The van der Waals surface area contributed by atoms with Gasteiger partial charge in [-0.25, -0.2) is 4.98 Å². The van der Waals surface area contributed by atoms with Gasteiger partial charge in [-0.15, -0.1) is 11.3 Å². The first-order valence-corrected chi connectivity index (χ1v) is 12.3. The lowest BCUT2D eigenvalue weighted by atomic mass is 10.1. The van der Waals surface area contributed by atoms with Gasteiger partial charge in [0, 0.05) is 16.5 Å². The Balaban J connectivity index is 1.59. The third-order valence-electron chi connectivity index (χ3n) is 5.55. The summed E-state index contributed by atoms with van der Waals surface area (Å²) in [5.74, 6) is -0.0500. The van der Waals surface area contributed by atoms with Crippen LogP contribution >= 0.6 is 11.3 Å². The van der Waals surface area contributed by atoms with Gasteiger partial charge in [-0.05, 0) is 31.0 Å². The van der Waals surface area contributed by atoms with Crippen molar-refractivity contribution in [2.24, 2.45) is 0 Å². The lowest BCUT2D eigenvalue weighted by molar-refractivity contribution is -0.143. The van der Waals surface area contributed by atoms with E-state index < -0.39 is 12.1 Å². The number of hydrogen-bond donors (Lipinski definition) is 0. The predicted molar refractivity (Wildman–Crippen MR) is 131 cm³/mol. The summed E-state index contributed by atoms with van der Waals surface area (Å²) >= 11 is 1.57. The van der Waals surface area contributed by atoms with E-state index in [4.69, 9.17) is 14.5 Å². The molecule has 0 saturated carbocycles. The zero-order valence-corrected chi connectivity index (χ0v) is 19.8. The van der Waals surface area contributed by atoms with Gasteiger partial charge in [0.25, 0.3) is 5.91 Å². The second-order valence-corrected chi connectivity index (χ2v) is 8.81. The Kier molecular flexibility index (Phi) is 7.40. The number of benzene rings is 2. The third kappa shape index (κ3) is 5.25. The van der Waals surface area contributed by atoms with Crippen molar-refractivity contribution in [1.82, 2.24) is 4.98 Å². The standard InChI is InChI=1S/C26H28N2O4S/c1-3-5-9-14-31-24(29)16-28-21-15-19(12-13-23(21)32-22(4-2)26(28)30)20-17-33-25(27-20)18-10-7-6-8-11-18/h6-8,10-13,15,17,22H,3-5,9,14,16H2,1-2H3. The Labute approximate surface area is 198 Å². The molecule has 0 aliphatic carbocycles. The summed E-state index contributed by atoms with van der Waals surface area (Å²) < 4.78 is 11.3. The van der Waals surface area contributed by atoms with Crippen LogP contribution in [0.15, 0.2) is 53.9 Å². The van der Waals surface area contributed by atoms with Gasteiger partial charge in [0.1, 0.15) is 17.3 Å². The number of thiazole rings is 1. The lowest BCUT2D eigenvalue weighted by Crippen LogP contribution is -2.48. The average Bonchev–Trinajstić information content (AvgIpc) is 3.34. The van der Waals surface area contributed by atoms with Crippen molar-refractivity contribution in [3.63, 3.8) is 0 Å². The van der Waals surface area contributed by atoms with Crippen LogP contribution in [0.5, 0.6) is 5.75 Å². The summed E-state index contributed by atoms with van der Waals surface area (Å²) in [6, 6.07) is 15.7. The largest absolute Gasteiger partial charge is 0.478 e. The highest BCUT2D eigenvalue weighted by Crippen LogP contribution is 2.39. The number of hydrogen-bond acceptors (Lipinski definition) is 6. The monoisotopic (exact) mass is 464 g/mol. The molecule has 0 spiro atoms. The molecule has 0 bridgehead atoms. The zero-order chi connectivity index (χ0) is 23.2. The normalized spacial score (nSPS) is 15.2. The van der Waals surface area contributed by atoms with Crippen LogP contribution in [-0.4, -0.2) is 36.1 Å². The van der Waals surface area contributed by atoms with E-state index in [0.717, 1.165) is 41.1 Å². The molecular weight excluding hydrogens is 436 g/mol. The minimum absolute atomic E-state index is 0.131. The number of anilines is 1. The maximum atomic E-state index is 13.0. The van der Waals surface area contributed by atoms with Gasteiger partial charge < -0.3 is 9.47 Å². The summed E-state index contributed by atoms with van der Waals surface area (Å²) in [5, 5.41) is 2.92. The number of carbonyl (C=O) groups is 2. The molecule has 1 aliphatic rings. The fraction of sp³-hybridized carbons (Fsp3) is 0.346. The van der Waals surface area contributed by atoms with E-state index in [1.807, 2.05) is 60.8 Å². The van der Waals surface area contributed by atoms with Gasteiger partial charge >= 0.3 is 5.97 Å². The number of esters is 1. The van der Waals surface area contributed by atoms with Gasteiger partial charge in [-0.2, -0.15) is 0 Å². The molecule has 4 rings (SSSR count). The van der Waals surface area contributed by atoms with Crippen LogP contribution in [0.4, 0.5) is 5.69 Å². The smallest absolute Gasteiger partial charge is 0.326 e. The van der Waals surface area contributed by atoms with Crippen molar-refractivity contribution >= 4 is 28.9 Å². The minimum Gasteiger partial charge on any atom is -0.478 e. The topological polar surface area (TPSA) is 68.7 Å². The molecule has 1 unspecified atom stereocenters. The Morgan fingerprint density at radius 1 is 1.12 bits per heavy atom. The van der Waals surface area contributed by atoms with Gasteiger partial charge in [0.15, 0.2) is 6.10 Å². The Bertz CT molecular complexity index is 1110. The second-order valence-electron chi connectivity index (χ2n) is 7.95. The van der Waals surface area contributed by atoms with Crippen LogP contribution in [0, 0.1) is 0 Å². The molecule has 2 heterocycles. The van der Waals surface area contributed by atoms with Gasteiger partial charge in [-0.1, -0.05) is 57.0 Å². The molecule has 33 heavy (non-hydrogen) atoms. The molecule has 0 N–H and O–H groups in total. The van der Waals surface area contributed by atoms with Crippen LogP contribution < -0.4 is 9.64 Å². The van der Waals surface area contributed by atoms with Gasteiger partial charge in [0.05, 0.1) is 18.0 Å². The van der Waals surface area contributed by atoms with E-state index in [1.165, 1.54) is 4.90 Å². The van der Waals surface area contributed by atoms with Crippen molar-refractivity contribution in [3.8, 4) is 27.6 Å². The van der Waals surface area contributed by atoms with Crippen molar-refractivity contribution in [3.05, 3.63) is 53.9 Å². The van der Waals surface area contributed by atoms with E-state index in [9.17, 15) is 9.59 Å². The molecule has 3 aromatic rings. The van der Waals surface area contributed by atoms with E-state index in [0.29, 0.717) is 24.5 Å². The molecule has 172 valence electrons. The summed E-state index contributed by atoms with van der Waals surface area (Å²) in [7, 11) is 0. The van der Waals surface area contributed by atoms with E-state index in [1.54, 1.807) is 11.3 Å². The van der Waals surface area contributed by atoms with Crippen molar-refractivity contribution in [2.45, 2.75) is 45.6 Å². The van der Waals surface area contributed by atoms with E-state index >= 15 is 0 Å². The van der Waals surface area contributed by atoms with Crippen LogP contribution in [0.3, 0.4) is 0 Å². The Hall–Kier alpha value is -3.19. The summed E-state index contributed by atoms with van der Waals surface area (Å²) in [6.45, 7) is 4.23. The molecule has 6 nitrogen and oxygen atoms in total. The van der Waals surface area contributed by atoms with Gasteiger partial charge in [0.2, 0.25) is 0 Å². The SMILES string of the molecule is CCCCCOC(=O)CN1C(=O)C(CC)Oc2ccc(-c3csc(-c4ccccc4)n3)cc21. The fourth-order valence-corrected chi connectivity index (χ4v) is 4.57. The molecule has 0 fully saturated rings. The highest BCUT2D eigenvalue weighted by atomic mass is 32.1.